The van der Waals surface area contributed by atoms with Gasteiger partial charge in [0, 0.05) is 32.7 Å². The van der Waals surface area contributed by atoms with Gasteiger partial charge in [-0.2, -0.15) is 0 Å². The smallest absolute Gasteiger partial charge is 0.242 e. The lowest BCUT2D eigenvalue weighted by Crippen LogP contribution is -2.55. The van der Waals surface area contributed by atoms with Crippen molar-refractivity contribution >= 4 is 18.3 Å². The number of morpholine rings is 1. The summed E-state index contributed by atoms with van der Waals surface area (Å²) in [7, 11) is 0. The van der Waals surface area contributed by atoms with E-state index in [1.807, 2.05) is 11.8 Å². The third-order valence-corrected chi connectivity index (χ3v) is 5.17. The van der Waals surface area contributed by atoms with Crippen LogP contribution >= 0.6 is 12.4 Å². The molecule has 0 radical (unpaired) electrons. The van der Waals surface area contributed by atoms with Crippen LogP contribution in [0.15, 0.2) is 0 Å². The molecule has 24 heavy (non-hydrogen) atoms. The summed E-state index contributed by atoms with van der Waals surface area (Å²) in [6, 6.07) is 0. The molecule has 0 aromatic heterocycles. The second kappa shape index (κ2) is 9.37. The standard InChI is InChI=1S/C18H35N3O2.ClH/c1-5-8-18(4,19)17(22)21-9-6-16(7-10-21)13-20-11-14(2)23-15(3)12-20;/h14-16H,5-13,19H2,1-4H3;1H. The van der Waals surface area contributed by atoms with Gasteiger partial charge in [0.15, 0.2) is 0 Å². The van der Waals surface area contributed by atoms with E-state index in [2.05, 4.69) is 25.7 Å². The number of hydrogen-bond donors (Lipinski definition) is 1. The van der Waals surface area contributed by atoms with Gasteiger partial charge in [0.05, 0.1) is 17.7 Å². The highest BCUT2D eigenvalue weighted by molar-refractivity contribution is 5.86. The molecular weight excluding hydrogens is 326 g/mol. The van der Waals surface area contributed by atoms with Crippen LogP contribution in [-0.4, -0.2) is 66.2 Å². The van der Waals surface area contributed by atoms with Crippen molar-refractivity contribution in [3.05, 3.63) is 0 Å². The first kappa shape index (κ1) is 21.7. The van der Waals surface area contributed by atoms with E-state index in [0.717, 1.165) is 58.4 Å². The Morgan fingerprint density at radius 1 is 1.21 bits per heavy atom. The van der Waals surface area contributed by atoms with Crippen molar-refractivity contribution in [2.45, 2.75) is 71.1 Å². The Balaban J connectivity index is 0.00000288. The fourth-order valence-corrected chi connectivity index (χ4v) is 4.10. The summed E-state index contributed by atoms with van der Waals surface area (Å²) in [5, 5.41) is 0. The van der Waals surface area contributed by atoms with Gasteiger partial charge in [-0.1, -0.05) is 13.3 Å². The molecule has 2 heterocycles. The highest BCUT2D eigenvalue weighted by Gasteiger charge is 2.34. The molecule has 0 bridgehead atoms. The van der Waals surface area contributed by atoms with Crippen LogP contribution in [0.2, 0.25) is 0 Å². The molecule has 0 spiro atoms. The van der Waals surface area contributed by atoms with Gasteiger partial charge >= 0.3 is 0 Å². The monoisotopic (exact) mass is 361 g/mol. The number of nitrogens with zero attached hydrogens (tertiary/aromatic N) is 2. The number of nitrogens with two attached hydrogens (primary N) is 1. The van der Waals surface area contributed by atoms with Crippen LogP contribution in [0, 0.1) is 5.92 Å². The molecule has 0 saturated carbocycles. The van der Waals surface area contributed by atoms with Crippen molar-refractivity contribution in [2.75, 3.05) is 32.7 Å². The SMILES string of the molecule is CCCC(C)(N)C(=O)N1CCC(CN2CC(C)OC(C)C2)CC1.Cl. The van der Waals surface area contributed by atoms with Crippen LogP contribution in [0.25, 0.3) is 0 Å². The van der Waals surface area contributed by atoms with Crippen LogP contribution in [0.5, 0.6) is 0 Å². The first-order valence-electron chi connectivity index (χ1n) is 9.28. The molecule has 2 rings (SSSR count). The zero-order valence-corrected chi connectivity index (χ0v) is 16.6. The molecule has 2 aliphatic heterocycles. The highest BCUT2D eigenvalue weighted by Crippen LogP contribution is 2.23. The van der Waals surface area contributed by atoms with E-state index in [1.165, 1.54) is 0 Å². The van der Waals surface area contributed by atoms with E-state index in [4.69, 9.17) is 10.5 Å². The number of carbonyl (C=O) groups is 1. The van der Waals surface area contributed by atoms with Gasteiger partial charge in [0.25, 0.3) is 0 Å². The molecule has 2 fully saturated rings. The van der Waals surface area contributed by atoms with Gasteiger partial charge in [0.1, 0.15) is 0 Å². The minimum atomic E-state index is -0.698. The Kier molecular flexibility index (Phi) is 8.46. The maximum Gasteiger partial charge on any atom is 0.242 e. The van der Waals surface area contributed by atoms with Gasteiger partial charge in [-0.3, -0.25) is 9.69 Å². The summed E-state index contributed by atoms with van der Waals surface area (Å²) in [6.07, 6.45) is 4.54. The lowest BCUT2D eigenvalue weighted by molar-refractivity contribution is -0.138. The van der Waals surface area contributed by atoms with Crippen molar-refractivity contribution in [2.24, 2.45) is 11.7 Å². The van der Waals surface area contributed by atoms with Crippen LogP contribution in [-0.2, 0) is 9.53 Å². The number of likely N-dealkylation sites (tertiary alicyclic amines) is 1. The number of piperidine rings is 1. The summed E-state index contributed by atoms with van der Waals surface area (Å²) in [6.45, 7) is 13.2. The fraction of sp³-hybridized carbons (Fsp3) is 0.944. The zero-order valence-electron chi connectivity index (χ0n) is 15.8. The van der Waals surface area contributed by atoms with Crippen molar-refractivity contribution in [1.82, 2.24) is 9.80 Å². The van der Waals surface area contributed by atoms with Crippen LogP contribution in [0.1, 0.15) is 53.4 Å². The largest absolute Gasteiger partial charge is 0.373 e. The molecular formula is C18H36ClN3O2. The normalized spacial score (nSPS) is 29.0. The van der Waals surface area contributed by atoms with Gasteiger partial charge < -0.3 is 15.4 Å². The first-order valence-corrected chi connectivity index (χ1v) is 9.28. The molecule has 6 heteroatoms. The maximum atomic E-state index is 12.6. The van der Waals surface area contributed by atoms with E-state index in [-0.39, 0.29) is 18.3 Å². The Hall–Kier alpha value is -0.360. The number of ether oxygens (including phenoxy) is 1. The predicted molar refractivity (Wildman–Crippen MR) is 101 cm³/mol. The van der Waals surface area contributed by atoms with Crippen molar-refractivity contribution < 1.29 is 9.53 Å². The predicted octanol–water partition coefficient (Wildman–Crippen LogP) is 2.27. The number of amides is 1. The molecule has 2 aliphatic rings. The minimum absolute atomic E-state index is 0. The van der Waals surface area contributed by atoms with E-state index < -0.39 is 5.54 Å². The molecule has 2 saturated heterocycles. The lowest BCUT2D eigenvalue weighted by atomic mass is 9.91. The summed E-state index contributed by atoms with van der Waals surface area (Å²) in [4.78, 5) is 17.1. The van der Waals surface area contributed by atoms with E-state index >= 15 is 0 Å². The summed E-state index contributed by atoms with van der Waals surface area (Å²) < 4.78 is 5.81. The van der Waals surface area contributed by atoms with Crippen molar-refractivity contribution in [3.63, 3.8) is 0 Å². The number of carbonyl (C=O) groups excluding carboxylic acids is 1. The molecule has 3 atom stereocenters. The maximum absolute atomic E-state index is 12.6. The summed E-state index contributed by atoms with van der Waals surface area (Å²) in [5.41, 5.74) is 5.51. The van der Waals surface area contributed by atoms with Gasteiger partial charge in [-0.05, 0) is 46.0 Å². The average Bonchev–Trinajstić information content (AvgIpc) is 2.46. The third-order valence-electron chi connectivity index (χ3n) is 5.17. The number of halogens is 1. The Bertz CT molecular complexity index is 388. The Morgan fingerprint density at radius 3 is 2.25 bits per heavy atom. The van der Waals surface area contributed by atoms with Crippen molar-refractivity contribution in [3.8, 4) is 0 Å². The molecule has 142 valence electrons. The molecule has 0 aromatic carbocycles. The molecule has 3 unspecified atom stereocenters. The van der Waals surface area contributed by atoms with Crippen molar-refractivity contribution in [1.29, 1.82) is 0 Å². The second-order valence-corrected chi connectivity index (χ2v) is 7.88. The molecule has 0 aliphatic carbocycles. The van der Waals surface area contributed by atoms with E-state index in [1.54, 1.807) is 0 Å². The van der Waals surface area contributed by atoms with E-state index in [0.29, 0.717) is 18.1 Å². The first-order chi connectivity index (χ1) is 10.8. The second-order valence-electron chi connectivity index (χ2n) is 7.88. The number of rotatable bonds is 5. The summed E-state index contributed by atoms with van der Waals surface area (Å²) >= 11 is 0. The van der Waals surface area contributed by atoms with Gasteiger partial charge in [-0.15, -0.1) is 12.4 Å². The quantitative estimate of drug-likeness (QED) is 0.816. The van der Waals surface area contributed by atoms with Crippen LogP contribution < -0.4 is 5.73 Å². The van der Waals surface area contributed by atoms with Gasteiger partial charge in [-0.25, -0.2) is 0 Å². The molecule has 1 amide bonds. The minimum Gasteiger partial charge on any atom is -0.373 e. The zero-order chi connectivity index (χ0) is 17.0. The topological polar surface area (TPSA) is 58.8 Å². The van der Waals surface area contributed by atoms with E-state index in [9.17, 15) is 4.79 Å². The van der Waals surface area contributed by atoms with Gasteiger partial charge in [0.2, 0.25) is 5.91 Å². The Morgan fingerprint density at radius 2 is 1.75 bits per heavy atom. The average molecular weight is 362 g/mol. The highest BCUT2D eigenvalue weighted by atomic mass is 35.5. The lowest BCUT2D eigenvalue weighted by Gasteiger charge is -2.40. The molecule has 0 aromatic rings. The third kappa shape index (κ3) is 5.87. The molecule has 5 nitrogen and oxygen atoms in total. The van der Waals surface area contributed by atoms with Crippen LogP contribution in [0.3, 0.4) is 0 Å². The molecule has 2 N–H and O–H groups in total. The van der Waals surface area contributed by atoms with Crippen LogP contribution in [0.4, 0.5) is 0 Å². The number of hydrogen-bond acceptors (Lipinski definition) is 4. The summed E-state index contributed by atoms with van der Waals surface area (Å²) in [5.74, 6) is 0.818. The Labute approximate surface area is 153 Å². The fourth-order valence-electron chi connectivity index (χ4n) is 4.10.